The van der Waals surface area contributed by atoms with Crippen LogP contribution in [0.1, 0.15) is 30.0 Å². The van der Waals surface area contributed by atoms with Crippen molar-refractivity contribution in [3.05, 3.63) is 70.2 Å². The molecule has 1 N–H and O–H groups in total. The Morgan fingerprint density at radius 3 is 2.52 bits per heavy atom. The van der Waals surface area contributed by atoms with E-state index in [0.717, 1.165) is 23.9 Å². The fourth-order valence-electron chi connectivity index (χ4n) is 3.36. The second-order valence-corrected chi connectivity index (χ2v) is 6.86. The number of hydrogen-bond donors (Lipinski definition) is 1. The molecule has 1 aliphatic heterocycles. The molecule has 2 aromatic carbocycles. The van der Waals surface area contributed by atoms with Crippen LogP contribution in [-0.2, 0) is 4.79 Å². The lowest BCUT2D eigenvalue weighted by atomic mass is 9.91. The van der Waals surface area contributed by atoms with E-state index in [9.17, 15) is 9.90 Å². The number of rotatable bonds is 4. The predicted molar refractivity (Wildman–Crippen MR) is 94.4 cm³/mol. The normalized spacial score (nSPS) is 20.1. The number of hydrogen-bond acceptors (Lipinski definition) is 2. The average molecular weight is 374 g/mol. The maximum Gasteiger partial charge on any atom is 0.307 e. The van der Waals surface area contributed by atoms with Crippen LogP contribution in [0.3, 0.4) is 0 Å². The summed E-state index contributed by atoms with van der Waals surface area (Å²) in [4.78, 5) is 13.7. The molecule has 0 aromatic heterocycles. The summed E-state index contributed by atoms with van der Waals surface area (Å²) in [6.45, 7) is 1.51. The molecule has 0 amide bonds. The minimum absolute atomic E-state index is 0.0777. The zero-order valence-corrected chi connectivity index (χ0v) is 14.4. The van der Waals surface area contributed by atoms with E-state index >= 15 is 0 Å². The highest BCUT2D eigenvalue weighted by molar-refractivity contribution is 9.10. The van der Waals surface area contributed by atoms with Crippen molar-refractivity contribution in [2.45, 2.75) is 18.9 Å². The molecule has 0 saturated carbocycles. The topological polar surface area (TPSA) is 40.5 Å². The molecule has 3 rings (SSSR count). The second-order valence-electron chi connectivity index (χ2n) is 6.01. The SMILES string of the molecule is O=C(O)C1CCCN(C(c2ccccc2)c2ccccc2Br)C1. The molecule has 120 valence electrons. The Kier molecular flexibility index (Phi) is 5.13. The van der Waals surface area contributed by atoms with Crippen molar-refractivity contribution in [2.24, 2.45) is 5.92 Å². The van der Waals surface area contributed by atoms with Gasteiger partial charge < -0.3 is 5.11 Å². The monoisotopic (exact) mass is 373 g/mol. The zero-order chi connectivity index (χ0) is 16.2. The number of carboxylic acid groups (broad SMARTS) is 1. The Balaban J connectivity index is 1.99. The number of nitrogens with zero attached hydrogens (tertiary/aromatic N) is 1. The maximum absolute atomic E-state index is 11.4. The summed E-state index contributed by atoms with van der Waals surface area (Å²) in [5.74, 6) is -0.967. The fourth-order valence-corrected chi connectivity index (χ4v) is 3.86. The van der Waals surface area contributed by atoms with Crippen LogP contribution in [0.2, 0.25) is 0 Å². The lowest BCUT2D eigenvalue weighted by Gasteiger charge is -2.38. The van der Waals surface area contributed by atoms with E-state index in [0.29, 0.717) is 6.54 Å². The average Bonchev–Trinajstić information content (AvgIpc) is 2.58. The number of benzene rings is 2. The van der Waals surface area contributed by atoms with E-state index in [4.69, 9.17) is 0 Å². The molecular formula is C19H20BrNO2. The molecule has 2 atom stereocenters. The highest BCUT2D eigenvalue weighted by Crippen LogP contribution is 2.35. The van der Waals surface area contributed by atoms with E-state index in [-0.39, 0.29) is 12.0 Å². The number of halogens is 1. The molecular weight excluding hydrogens is 354 g/mol. The molecule has 0 radical (unpaired) electrons. The van der Waals surface area contributed by atoms with Gasteiger partial charge in [-0.25, -0.2) is 0 Å². The van der Waals surface area contributed by atoms with Crippen LogP contribution < -0.4 is 0 Å². The van der Waals surface area contributed by atoms with Gasteiger partial charge in [-0.05, 0) is 36.6 Å². The lowest BCUT2D eigenvalue weighted by Crippen LogP contribution is -2.41. The number of carbonyl (C=O) groups is 1. The van der Waals surface area contributed by atoms with Crippen LogP contribution in [0.4, 0.5) is 0 Å². The van der Waals surface area contributed by atoms with Crippen LogP contribution in [0.5, 0.6) is 0 Å². The third-order valence-electron chi connectivity index (χ3n) is 4.48. The van der Waals surface area contributed by atoms with Gasteiger partial charge in [0.1, 0.15) is 0 Å². The second kappa shape index (κ2) is 7.28. The van der Waals surface area contributed by atoms with Crippen molar-refractivity contribution in [3.8, 4) is 0 Å². The van der Waals surface area contributed by atoms with Gasteiger partial charge in [0.05, 0.1) is 12.0 Å². The van der Waals surface area contributed by atoms with Gasteiger partial charge in [-0.3, -0.25) is 9.69 Å². The van der Waals surface area contributed by atoms with Gasteiger partial charge in [-0.1, -0.05) is 64.5 Å². The molecule has 4 heteroatoms. The molecule has 1 heterocycles. The Hall–Kier alpha value is -1.65. The van der Waals surface area contributed by atoms with Gasteiger partial charge in [0.2, 0.25) is 0 Å². The van der Waals surface area contributed by atoms with Crippen molar-refractivity contribution in [1.29, 1.82) is 0 Å². The van der Waals surface area contributed by atoms with Gasteiger partial charge >= 0.3 is 5.97 Å². The molecule has 0 aliphatic carbocycles. The molecule has 0 bridgehead atoms. The van der Waals surface area contributed by atoms with Crippen molar-refractivity contribution in [3.63, 3.8) is 0 Å². The number of piperidine rings is 1. The van der Waals surface area contributed by atoms with Crippen LogP contribution >= 0.6 is 15.9 Å². The minimum Gasteiger partial charge on any atom is -0.481 e. The van der Waals surface area contributed by atoms with Crippen molar-refractivity contribution in [2.75, 3.05) is 13.1 Å². The van der Waals surface area contributed by atoms with E-state index in [1.165, 1.54) is 11.1 Å². The summed E-state index contributed by atoms with van der Waals surface area (Å²) in [5, 5.41) is 9.40. The molecule has 2 unspecified atom stereocenters. The van der Waals surface area contributed by atoms with Gasteiger partial charge in [-0.15, -0.1) is 0 Å². The van der Waals surface area contributed by atoms with Crippen molar-refractivity contribution < 1.29 is 9.90 Å². The lowest BCUT2D eigenvalue weighted by molar-refractivity contribution is -0.143. The Bertz CT molecular complexity index is 674. The first-order valence-electron chi connectivity index (χ1n) is 7.93. The largest absolute Gasteiger partial charge is 0.481 e. The summed E-state index contributed by atoms with van der Waals surface area (Å²) in [5.41, 5.74) is 2.38. The molecule has 1 aliphatic rings. The molecule has 0 spiro atoms. The van der Waals surface area contributed by atoms with E-state index in [1.807, 2.05) is 36.4 Å². The van der Waals surface area contributed by atoms with Gasteiger partial charge in [0.25, 0.3) is 0 Å². The number of aliphatic carboxylic acids is 1. The first-order valence-corrected chi connectivity index (χ1v) is 8.72. The summed E-state index contributed by atoms with van der Waals surface area (Å²) in [7, 11) is 0. The standard InChI is InChI=1S/C19H20BrNO2/c20-17-11-5-4-10-16(17)18(14-7-2-1-3-8-14)21-12-6-9-15(13-21)19(22)23/h1-5,7-8,10-11,15,18H,6,9,12-13H2,(H,22,23). The summed E-state index contributed by atoms with van der Waals surface area (Å²) >= 11 is 3.66. The molecule has 3 nitrogen and oxygen atoms in total. The van der Waals surface area contributed by atoms with Gasteiger partial charge in [0, 0.05) is 11.0 Å². The third kappa shape index (κ3) is 3.65. The third-order valence-corrected chi connectivity index (χ3v) is 5.20. The van der Waals surface area contributed by atoms with E-state index < -0.39 is 5.97 Å². The van der Waals surface area contributed by atoms with E-state index in [1.54, 1.807) is 0 Å². The molecule has 23 heavy (non-hydrogen) atoms. The van der Waals surface area contributed by atoms with Crippen LogP contribution in [0, 0.1) is 5.92 Å². The Labute approximate surface area is 145 Å². The summed E-state index contributed by atoms with van der Waals surface area (Å²) < 4.78 is 1.06. The van der Waals surface area contributed by atoms with Crippen LogP contribution in [0.25, 0.3) is 0 Å². The van der Waals surface area contributed by atoms with Crippen molar-refractivity contribution in [1.82, 2.24) is 4.90 Å². The molecule has 1 saturated heterocycles. The van der Waals surface area contributed by atoms with Gasteiger partial charge in [0.15, 0.2) is 0 Å². The number of carboxylic acids is 1. The highest BCUT2D eigenvalue weighted by atomic mass is 79.9. The fraction of sp³-hybridized carbons (Fsp3) is 0.316. The maximum atomic E-state index is 11.4. The molecule has 1 fully saturated rings. The highest BCUT2D eigenvalue weighted by Gasteiger charge is 2.31. The first-order chi connectivity index (χ1) is 11.2. The van der Waals surface area contributed by atoms with Crippen molar-refractivity contribution >= 4 is 21.9 Å². The zero-order valence-electron chi connectivity index (χ0n) is 12.9. The van der Waals surface area contributed by atoms with Crippen LogP contribution in [-0.4, -0.2) is 29.1 Å². The molecule has 2 aromatic rings. The van der Waals surface area contributed by atoms with Gasteiger partial charge in [-0.2, -0.15) is 0 Å². The summed E-state index contributed by atoms with van der Waals surface area (Å²) in [6, 6.07) is 18.6. The first kappa shape index (κ1) is 16.2. The number of likely N-dealkylation sites (tertiary alicyclic amines) is 1. The smallest absolute Gasteiger partial charge is 0.307 e. The summed E-state index contributed by atoms with van der Waals surface area (Å²) in [6.07, 6.45) is 1.69. The quantitative estimate of drug-likeness (QED) is 0.866. The Morgan fingerprint density at radius 2 is 1.83 bits per heavy atom. The Morgan fingerprint density at radius 1 is 1.13 bits per heavy atom. The predicted octanol–water partition coefficient (Wildman–Crippen LogP) is 4.34. The van der Waals surface area contributed by atoms with Crippen LogP contribution in [0.15, 0.2) is 59.1 Å². The van der Waals surface area contributed by atoms with E-state index in [2.05, 4.69) is 39.0 Å². The minimum atomic E-state index is -0.686.